The fourth-order valence-electron chi connectivity index (χ4n) is 0.981. The minimum atomic E-state index is -0.844. The van der Waals surface area contributed by atoms with Gasteiger partial charge in [0.05, 0.1) is 0 Å². The molecule has 1 aromatic rings. The van der Waals surface area contributed by atoms with Crippen LogP contribution in [0.1, 0.15) is 23.6 Å². The summed E-state index contributed by atoms with van der Waals surface area (Å²) in [7, 11) is 0. The van der Waals surface area contributed by atoms with Crippen molar-refractivity contribution in [2.75, 3.05) is 0 Å². The Morgan fingerprint density at radius 1 is 1.38 bits per heavy atom. The second kappa shape index (κ2) is 3.75. The molecule has 0 atom stereocenters. The van der Waals surface area contributed by atoms with E-state index >= 15 is 0 Å². The van der Waals surface area contributed by atoms with Crippen molar-refractivity contribution in [3.05, 3.63) is 27.5 Å². The van der Waals surface area contributed by atoms with E-state index in [1.807, 2.05) is 26.0 Å². The monoisotopic (exact) mass is 196 g/mol. The molecule has 1 heterocycles. The number of carboxylic acid groups (broad SMARTS) is 1. The topological polar surface area (TPSA) is 37.3 Å². The number of carbonyl (C=O) groups is 1. The summed E-state index contributed by atoms with van der Waals surface area (Å²) < 4.78 is 0. The van der Waals surface area contributed by atoms with E-state index in [0.29, 0.717) is 5.57 Å². The van der Waals surface area contributed by atoms with Crippen LogP contribution in [0.25, 0.3) is 5.57 Å². The van der Waals surface area contributed by atoms with Gasteiger partial charge in [0.2, 0.25) is 0 Å². The van der Waals surface area contributed by atoms with Crippen molar-refractivity contribution in [1.82, 2.24) is 0 Å². The Kier molecular flexibility index (Phi) is 2.88. The molecule has 1 aromatic heterocycles. The van der Waals surface area contributed by atoms with Crippen molar-refractivity contribution < 1.29 is 9.90 Å². The summed E-state index contributed by atoms with van der Waals surface area (Å²) in [6, 6.07) is 3.96. The third-order valence-corrected chi connectivity index (χ3v) is 3.11. The average molecular weight is 196 g/mol. The molecule has 70 valence electrons. The molecule has 1 N–H and O–H groups in total. The third kappa shape index (κ3) is 2.18. The second-order valence-corrected chi connectivity index (χ2v) is 4.25. The molecular formula is C10H12O2S. The molecule has 1 rings (SSSR count). The first kappa shape index (κ1) is 9.99. The molecule has 0 amide bonds. The highest BCUT2D eigenvalue weighted by Crippen LogP contribution is 2.25. The molecule has 0 aliphatic heterocycles. The minimum Gasteiger partial charge on any atom is -0.478 e. The highest BCUT2D eigenvalue weighted by molar-refractivity contribution is 7.13. The number of aryl methyl sites for hydroxylation is 1. The minimum absolute atomic E-state index is 0.418. The second-order valence-electron chi connectivity index (χ2n) is 2.97. The maximum Gasteiger partial charge on any atom is 0.331 e. The van der Waals surface area contributed by atoms with Gasteiger partial charge in [-0.2, -0.15) is 0 Å². The van der Waals surface area contributed by atoms with Gasteiger partial charge in [0.1, 0.15) is 0 Å². The van der Waals surface area contributed by atoms with Gasteiger partial charge in [-0.1, -0.05) is 0 Å². The fraction of sp³-hybridized carbons (Fsp3) is 0.300. The number of hydrogen-bond donors (Lipinski definition) is 1. The quantitative estimate of drug-likeness (QED) is 0.738. The van der Waals surface area contributed by atoms with Gasteiger partial charge in [0.25, 0.3) is 0 Å². The van der Waals surface area contributed by atoms with Crippen molar-refractivity contribution in [1.29, 1.82) is 0 Å². The van der Waals surface area contributed by atoms with E-state index in [2.05, 4.69) is 0 Å². The van der Waals surface area contributed by atoms with Crippen molar-refractivity contribution in [3.63, 3.8) is 0 Å². The average Bonchev–Trinajstić information content (AvgIpc) is 2.49. The SMILES string of the molecule is CC(C(=O)O)=C(C)c1ccc(C)s1. The molecule has 0 bridgehead atoms. The molecule has 13 heavy (non-hydrogen) atoms. The van der Waals surface area contributed by atoms with E-state index in [4.69, 9.17) is 5.11 Å². The summed E-state index contributed by atoms with van der Waals surface area (Å²) in [5.41, 5.74) is 1.27. The lowest BCUT2D eigenvalue weighted by molar-refractivity contribution is -0.132. The van der Waals surface area contributed by atoms with Crippen LogP contribution in [-0.2, 0) is 4.79 Å². The number of rotatable bonds is 2. The smallest absolute Gasteiger partial charge is 0.331 e. The van der Waals surface area contributed by atoms with Crippen LogP contribution in [0.4, 0.5) is 0 Å². The van der Waals surface area contributed by atoms with Crippen LogP contribution in [0.2, 0.25) is 0 Å². The van der Waals surface area contributed by atoms with Gasteiger partial charge in [-0.3, -0.25) is 0 Å². The third-order valence-electron chi connectivity index (χ3n) is 1.99. The molecule has 0 aromatic carbocycles. The standard InChI is InChI=1S/C10H12O2S/c1-6-4-5-9(13-6)7(2)8(3)10(11)12/h4-5H,1-3H3,(H,11,12). The van der Waals surface area contributed by atoms with E-state index in [1.165, 1.54) is 4.88 Å². The van der Waals surface area contributed by atoms with Crippen LogP contribution in [0.3, 0.4) is 0 Å². The Morgan fingerprint density at radius 2 is 2.00 bits per heavy atom. The summed E-state index contributed by atoms with van der Waals surface area (Å²) >= 11 is 1.62. The zero-order valence-electron chi connectivity index (χ0n) is 7.92. The molecule has 3 heteroatoms. The first-order valence-corrected chi connectivity index (χ1v) is 4.81. The molecule has 0 aliphatic rings. The van der Waals surface area contributed by atoms with Gasteiger partial charge in [-0.05, 0) is 38.5 Å². The number of thiophene rings is 1. The van der Waals surface area contributed by atoms with Crippen LogP contribution in [0, 0.1) is 6.92 Å². The Hall–Kier alpha value is -1.09. The van der Waals surface area contributed by atoms with Gasteiger partial charge in [0, 0.05) is 15.3 Å². The molecule has 2 nitrogen and oxygen atoms in total. The van der Waals surface area contributed by atoms with Gasteiger partial charge < -0.3 is 5.11 Å². The van der Waals surface area contributed by atoms with Crippen molar-refractivity contribution in [3.8, 4) is 0 Å². The van der Waals surface area contributed by atoms with Crippen molar-refractivity contribution in [2.24, 2.45) is 0 Å². The van der Waals surface area contributed by atoms with E-state index in [9.17, 15) is 4.79 Å². The summed E-state index contributed by atoms with van der Waals surface area (Å²) in [5, 5.41) is 8.77. The summed E-state index contributed by atoms with van der Waals surface area (Å²) in [5.74, 6) is -0.844. The Balaban J connectivity index is 3.09. The summed E-state index contributed by atoms with van der Waals surface area (Å²) in [6.45, 7) is 5.49. The molecular weight excluding hydrogens is 184 g/mol. The zero-order valence-corrected chi connectivity index (χ0v) is 8.73. The lowest BCUT2D eigenvalue weighted by Gasteiger charge is -1.99. The lowest BCUT2D eigenvalue weighted by Crippen LogP contribution is -1.98. The Labute approximate surface area is 81.5 Å². The van der Waals surface area contributed by atoms with E-state index in [-0.39, 0.29) is 0 Å². The van der Waals surface area contributed by atoms with Crippen LogP contribution < -0.4 is 0 Å². The van der Waals surface area contributed by atoms with Gasteiger partial charge in [-0.25, -0.2) is 4.79 Å². The maximum atomic E-state index is 10.7. The van der Waals surface area contributed by atoms with Crippen LogP contribution in [0.15, 0.2) is 17.7 Å². The first-order valence-electron chi connectivity index (χ1n) is 4.00. The fourth-order valence-corrected chi connectivity index (χ4v) is 1.91. The molecule has 0 fully saturated rings. The largest absolute Gasteiger partial charge is 0.478 e. The van der Waals surface area contributed by atoms with Gasteiger partial charge >= 0.3 is 5.97 Å². The summed E-state index contributed by atoms with van der Waals surface area (Å²) in [6.07, 6.45) is 0. The number of aliphatic carboxylic acids is 1. The highest BCUT2D eigenvalue weighted by Gasteiger charge is 2.08. The predicted molar refractivity (Wildman–Crippen MR) is 55.0 cm³/mol. The molecule has 0 saturated carbocycles. The lowest BCUT2D eigenvalue weighted by atomic mass is 10.1. The number of hydrogen-bond acceptors (Lipinski definition) is 2. The van der Waals surface area contributed by atoms with Crippen LogP contribution in [0.5, 0.6) is 0 Å². The molecule has 0 unspecified atom stereocenters. The maximum absolute atomic E-state index is 10.7. The van der Waals surface area contributed by atoms with E-state index < -0.39 is 5.97 Å². The Bertz CT molecular complexity index is 361. The Morgan fingerprint density at radius 3 is 2.38 bits per heavy atom. The van der Waals surface area contributed by atoms with Crippen molar-refractivity contribution >= 4 is 22.9 Å². The summed E-state index contributed by atoms with van der Waals surface area (Å²) in [4.78, 5) is 12.9. The first-order chi connectivity index (χ1) is 6.02. The van der Waals surface area contributed by atoms with E-state index in [1.54, 1.807) is 18.3 Å². The van der Waals surface area contributed by atoms with Crippen molar-refractivity contribution in [2.45, 2.75) is 20.8 Å². The molecule has 0 saturated heterocycles. The van der Waals surface area contributed by atoms with Crippen LogP contribution in [-0.4, -0.2) is 11.1 Å². The van der Waals surface area contributed by atoms with Crippen LogP contribution >= 0.6 is 11.3 Å². The molecule has 0 radical (unpaired) electrons. The van der Waals surface area contributed by atoms with Gasteiger partial charge in [-0.15, -0.1) is 11.3 Å². The number of carboxylic acids is 1. The normalized spacial score (nSPS) is 12.5. The molecule has 0 spiro atoms. The zero-order chi connectivity index (χ0) is 10.0. The highest BCUT2D eigenvalue weighted by atomic mass is 32.1. The number of allylic oxidation sites excluding steroid dienone is 1. The molecule has 0 aliphatic carbocycles. The predicted octanol–water partition coefficient (Wildman–Crippen LogP) is 2.93. The van der Waals surface area contributed by atoms with E-state index in [0.717, 1.165) is 10.5 Å². The van der Waals surface area contributed by atoms with Gasteiger partial charge in [0.15, 0.2) is 0 Å².